The predicted molar refractivity (Wildman–Crippen MR) is 182 cm³/mol. The molecule has 5 atom stereocenters. The zero-order chi connectivity index (χ0) is 38.7. The third-order valence-corrected chi connectivity index (χ3v) is 8.69. The Morgan fingerprint density at radius 3 is 2.38 bits per heavy atom. The average molecular weight is 761 g/mol. The summed E-state index contributed by atoms with van der Waals surface area (Å²) in [5.41, 5.74) is 8.97. The molecular weight excluding hydrogens is 724 g/mol. The van der Waals surface area contributed by atoms with Crippen LogP contribution in [0.15, 0.2) is 83.8 Å². The van der Waals surface area contributed by atoms with Gasteiger partial charge in [-0.15, -0.1) is 0 Å². The number of carbonyl (C=O) groups excluding carboxylic acids is 3. The summed E-state index contributed by atoms with van der Waals surface area (Å²) in [6, 6.07) is 18.2. The summed E-state index contributed by atoms with van der Waals surface area (Å²) in [5.74, 6) is -2.49. The number of likely N-dealkylation sites (N-methyl/N-ethyl adjacent to an activating group) is 1. The Kier molecular flexibility index (Phi) is 13.5. The molecule has 1 fully saturated rings. The number of nitrogen functional groups attached to an aromatic ring is 1. The Balaban J connectivity index is 1.15. The van der Waals surface area contributed by atoms with Crippen LogP contribution in [0.25, 0.3) is 6.08 Å². The molecule has 3 aromatic rings. The third kappa shape index (κ3) is 11.3. The van der Waals surface area contributed by atoms with Gasteiger partial charge < -0.3 is 54.8 Å². The van der Waals surface area contributed by atoms with Crippen molar-refractivity contribution in [2.75, 3.05) is 30.7 Å². The number of aliphatic hydroxyl groups excluding tert-OH is 3. The number of anilines is 2. The van der Waals surface area contributed by atoms with E-state index in [4.69, 9.17) is 24.7 Å². The lowest BCUT2D eigenvalue weighted by molar-refractivity contribution is -0.271. The quantitative estimate of drug-likeness (QED) is 0.0549. The van der Waals surface area contributed by atoms with Crippen LogP contribution in [0.3, 0.4) is 0 Å². The molecule has 284 valence electrons. The number of carbonyl (C=O) groups is 4. The molecule has 1 heterocycles. The van der Waals surface area contributed by atoms with Crippen LogP contribution in [-0.4, -0.2) is 109 Å². The zero-order valence-corrected chi connectivity index (χ0v) is 28.6. The Hall–Kier alpha value is -5.93. The Labute approximate surface area is 302 Å². The third-order valence-electron chi connectivity index (χ3n) is 7.31. The number of nitrogens with two attached hydrogens (primary N) is 1. The van der Waals surface area contributed by atoms with E-state index in [9.17, 15) is 48.0 Å². The van der Waals surface area contributed by atoms with E-state index in [2.05, 4.69) is 9.56 Å². The highest BCUT2D eigenvalue weighted by Crippen LogP contribution is 2.29. The highest BCUT2D eigenvalue weighted by atomic mass is 32.2. The van der Waals surface area contributed by atoms with Gasteiger partial charge in [0.25, 0.3) is 15.9 Å². The lowest BCUT2D eigenvalue weighted by Gasteiger charge is -2.38. The molecule has 0 radical (unpaired) electrons. The van der Waals surface area contributed by atoms with Crippen LogP contribution < -0.4 is 20.7 Å². The van der Waals surface area contributed by atoms with Crippen LogP contribution in [0, 0.1) is 0 Å². The van der Waals surface area contributed by atoms with Crippen LogP contribution in [0.1, 0.15) is 11.1 Å². The summed E-state index contributed by atoms with van der Waals surface area (Å²) >= 11 is 0. The van der Waals surface area contributed by atoms with Gasteiger partial charge in [0, 0.05) is 18.8 Å². The molecule has 20 heteroatoms. The first-order valence-corrected chi connectivity index (χ1v) is 17.0. The normalized spacial score (nSPS) is 19.8. The predicted octanol–water partition coefficient (Wildman–Crippen LogP) is 0.807. The standard InChI is InChI=1S/C33H36N4O15S/c1-37(32(44)49-18-20-10-12-24(23(34)17-20)50-31-28(41)26(39)27(40)29(51-31)30(42)43)14-15-48-33(45)52-35-25(38)13-11-19-6-5-9-22(16-19)53(46,47)36-21-7-3-2-4-8-21/h2-13,16-17,26-29,31,36,39-41H,14-15,18,34H2,1H3,(H,35,38)(H,42,43)/b13-11+/t26-,27-,28+,29-,31+/m0/s1. The first-order valence-electron chi connectivity index (χ1n) is 15.5. The van der Waals surface area contributed by atoms with E-state index >= 15 is 0 Å². The molecule has 1 saturated heterocycles. The van der Waals surface area contributed by atoms with E-state index in [0.29, 0.717) is 16.8 Å². The molecule has 53 heavy (non-hydrogen) atoms. The summed E-state index contributed by atoms with van der Waals surface area (Å²) in [7, 11) is -2.53. The van der Waals surface area contributed by atoms with Gasteiger partial charge in [0.15, 0.2) is 6.10 Å². The molecule has 1 aliphatic heterocycles. The second-order valence-corrected chi connectivity index (χ2v) is 12.9. The minimum Gasteiger partial charge on any atom is -0.479 e. The van der Waals surface area contributed by atoms with Crippen LogP contribution in [-0.2, 0) is 45.3 Å². The topological polar surface area (TPSA) is 283 Å². The van der Waals surface area contributed by atoms with Gasteiger partial charge in [-0.2, -0.15) is 5.48 Å². The largest absolute Gasteiger partial charge is 0.533 e. The number of benzene rings is 3. The molecule has 0 unspecified atom stereocenters. The fourth-order valence-corrected chi connectivity index (χ4v) is 5.63. The Bertz CT molecular complexity index is 1910. The van der Waals surface area contributed by atoms with Gasteiger partial charge in [-0.3, -0.25) is 9.52 Å². The van der Waals surface area contributed by atoms with Crippen molar-refractivity contribution in [3.05, 3.63) is 90.0 Å². The molecule has 1 aliphatic rings. The smallest absolute Gasteiger partial charge is 0.479 e. The van der Waals surface area contributed by atoms with E-state index in [1.165, 1.54) is 49.5 Å². The van der Waals surface area contributed by atoms with Gasteiger partial charge >= 0.3 is 18.2 Å². The van der Waals surface area contributed by atoms with Crippen LogP contribution >= 0.6 is 0 Å². The number of amides is 2. The summed E-state index contributed by atoms with van der Waals surface area (Å²) in [5, 5.41) is 39.1. The number of ether oxygens (including phenoxy) is 4. The summed E-state index contributed by atoms with van der Waals surface area (Å²) in [6.07, 6.45) is -8.87. The zero-order valence-electron chi connectivity index (χ0n) is 27.8. The Morgan fingerprint density at radius 2 is 1.68 bits per heavy atom. The number of para-hydroxylation sites is 1. The number of carboxylic acids is 1. The number of aliphatic hydroxyl groups is 3. The van der Waals surface area contributed by atoms with Crippen molar-refractivity contribution in [3.8, 4) is 5.75 Å². The second kappa shape index (κ2) is 18.0. The van der Waals surface area contributed by atoms with E-state index in [-0.39, 0.29) is 36.1 Å². The summed E-state index contributed by atoms with van der Waals surface area (Å²) < 4.78 is 48.3. The molecule has 4 rings (SSSR count). The van der Waals surface area contributed by atoms with E-state index in [1.807, 2.05) is 5.48 Å². The molecule has 19 nitrogen and oxygen atoms in total. The van der Waals surface area contributed by atoms with E-state index in [1.54, 1.807) is 36.4 Å². The fraction of sp³-hybridized carbons (Fsp3) is 0.273. The molecule has 0 saturated carbocycles. The Morgan fingerprint density at radius 1 is 0.943 bits per heavy atom. The maximum Gasteiger partial charge on any atom is 0.533 e. The first-order chi connectivity index (χ1) is 25.1. The number of hydroxylamine groups is 1. The van der Waals surface area contributed by atoms with Crippen molar-refractivity contribution in [1.29, 1.82) is 0 Å². The number of hydrogen-bond acceptors (Lipinski definition) is 15. The van der Waals surface area contributed by atoms with Crippen LogP contribution in [0.4, 0.5) is 21.0 Å². The lowest BCUT2D eigenvalue weighted by atomic mass is 9.99. The lowest BCUT2D eigenvalue weighted by Crippen LogP contribution is -2.61. The average Bonchev–Trinajstić information content (AvgIpc) is 3.13. The molecule has 2 amide bonds. The van der Waals surface area contributed by atoms with Gasteiger partial charge in [0.05, 0.1) is 17.1 Å². The molecule has 0 spiro atoms. The van der Waals surface area contributed by atoms with Gasteiger partial charge in [-0.25, -0.2) is 22.8 Å². The number of rotatable bonds is 13. The minimum atomic E-state index is -3.89. The molecule has 8 N–H and O–H groups in total. The highest BCUT2D eigenvalue weighted by Gasteiger charge is 2.48. The SMILES string of the molecule is CN(CCOC(=O)ONC(=O)/C=C/c1cccc(S(=O)(=O)Nc2ccccc2)c1)C(=O)OCc1ccc(O[C@@H]2O[C@H](C(=O)O)[C@@H](O)[C@H](O)[C@H]2O)c(N)c1. The van der Waals surface area contributed by atoms with Crippen molar-refractivity contribution in [2.45, 2.75) is 42.2 Å². The molecular formula is C33H36N4O15S. The van der Waals surface area contributed by atoms with Crippen molar-refractivity contribution in [3.63, 3.8) is 0 Å². The van der Waals surface area contributed by atoms with Gasteiger partial charge in [0.1, 0.15) is 37.3 Å². The van der Waals surface area contributed by atoms with Crippen molar-refractivity contribution in [1.82, 2.24) is 10.4 Å². The van der Waals surface area contributed by atoms with Crippen molar-refractivity contribution < 1.29 is 71.8 Å². The number of aliphatic carboxylic acids is 1. The molecule has 0 aromatic heterocycles. The maximum absolute atomic E-state index is 12.7. The number of carboxylic acid groups (broad SMARTS) is 1. The van der Waals surface area contributed by atoms with Crippen LogP contribution in [0.2, 0.25) is 0 Å². The second-order valence-electron chi connectivity index (χ2n) is 11.2. The first kappa shape index (κ1) is 39.8. The van der Waals surface area contributed by atoms with Crippen molar-refractivity contribution in [2.24, 2.45) is 0 Å². The van der Waals surface area contributed by atoms with Crippen molar-refractivity contribution >= 4 is 51.6 Å². The number of sulfonamides is 1. The van der Waals surface area contributed by atoms with Gasteiger partial charge in [-0.05, 0) is 53.6 Å². The van der Waals surface area contributed by atoms with Crippen LogP contribution in [0.5, 0.6) is 5.75 Å². The fourth-order valence-electron chi connectivity index (χ4n) is 4.52. The number of nitrogens with one attached hydrogen (secondary N) is 2. The summed E-state index contributed by atoms with van der Waals surface area (Å²) in [6.45, 7) is -0.719. The molecule has 0 bridgehead atoms. The monoisotopic (exact) mass is 760 g/mol. The number of hydrogen-bond donors (Lipinski definition) is 7. The van der Waals surface area contributed by atoms with E-state index in [0.717, 1.165) is 11.0 Å². The molecule has 3 aromatic carbocycles. The maximum atomic E-state index is 12.7. The number of nitrogens with zero attached hydrogens (tertiary/aromatic N) is 1. The molecule has 0 aliphatic carbocycles. The van der Waals surface area contributed by atoms with Gasteiger partial charge in [-0.1, -0.05) is 36.4 Å². The minimum absolute atomic E-state index is 0.0126. The summed E-state index contributed by atoms with van der Waals surface area (Å²) in [4.78, 5) is 53.3. The highest BCUT2D eigenvalue weighted by molar-refractivity contribution is 7.92. The van der Waals surface area contributed by atoms with E-state index < -0.39 is 64.9 Å². The van der Waals surface area contributed by atoms with Gasteiger partial charge in [0.2, 0.25) is 6.29 Å².